The van der Waals surface area contributed by atoms with Crippen LogP contribution in [-0.2, 0) is 6.54 Å². The van der Waals surface area contributed by atoms with Gasteiger partial charge in [-0.05, 0) is 44.2 Å². The summed E-state index contributed by atoms with van der Waals surface area (Å²) in [7, 11) is 0. The molecular formula is C17H27NO2. The molecule has 2 unspecified atom stereocenters. The third-order valence-electron chi connectivity index (χ3n) is 3.85. The van der Waals surface area contributed by atoms with E-state index in [2.05, 4.69) is 44.3 Å². The lowest BCUT2D eigenvalue weighted by Gasteiger charge is -2.21. The van der Waals surface area contributed by atoms with Crippen LogP contribution in [0.2, 0.25) is 0 Å². The van der Waals surface area contributed by atoms with Crippen LogP contribution in [0.5, 0.6) is 5.75 Å². The van der Waals surface area contributed by atoms with Crippen molar-refractivity contribution in [3.05, 3.63) is 29.3 Å². The minimum absolute atomic E-state index is 0.0417. The Morgan fingerprint density at radius 3 is 2.80 bits per heavy atom. The lowest BCUT2D eigenvalue weighted by Crippen LogP contribution is -2.27. The average Bonchev–Trinajstić information content (AvgIpc) is 2.78. The Morgan fingerprint density at radius 2 is 2.15 bits per heavy atom. The molecule has 0 aromatic heterocycles. The van der Waals surface area contributed by atoms with Gasteiger partial charge in [0, 0.05) is 12.1 Å². The van der Waals surface area contributed by atoms with E-state index in [9.17, 15) is 5.11 Å². The predicted octanol–water partition coefficient (Wildman–Crippen LogP) is 3.03. The Balaban J connectivity index is 2.05. The minimum Gasteiger partial charge on any atom is -0.487 e. The molecule has 3 nitrogen and oxygen atoms in total. The molecule has 2 rings (SSSR count). The SMILES string of the molecule is Cc1cccc(CNCC(C)C)c1OC1CCCC1O. The van der Waals surface area contributed by atoms with Crippen molar-refractivity contribution >= 4 is 0 Å². The Hall–Kier alpha value is -1.06. The number of hydrogen-bond acceptors (Lipinski definition) is 3. The van der Waals surface area contributed by atoms with Gasteiger partial charge in [-0.15, -0.1) is 0 Å². The maximum Gasteiger partial charge on any atom is 0.127 e. The van der Waals surface area contributed by atoms with Crippen LogP contribution in [0.4, 0.5) is 0 Å². The number of nitrogens with one attached hydrogen (secondary N) is 1. The van der Waals surface area contributed by atoms with E-state index in [0.717, 1.165) is 43.7 Å². The van der Waals surface area contributed by atoms with Crippen molar-refractivity contribution in [1.82, 2.24) is 5.32 Å². The number of hydrogen-bond donors (Lipinski definition) is 2. The Kier molecular flexibility index (Phi) is 5.44. The van der Waals surface area contributed by atoms with Crippen molar-refractivity contribution < 1.29 is 9.84 Å². The van der Waals surface area contributed by atoms with Gasteiger partial charge in [-0.2, -0.15) is 0 Å². The molecule has 0 bridgehead atoms. The van der Waals surface area contributed by atoms with E-state index in [-0.39, 0.29) is 12.2 Å². The van der Waals surface area contributed by atoms with Crippen LogP contribution < -0.4 is 10.1 Å². The van der Waals surface area contributed by atoms with Gasteiger partial charge in [-0.25, -0.2) is 0 Å². The van der Waals surface area contributed by atoms with Gasteiger partial charge in [0.1, 0.15) is 11.9 Å². The average molecular weight is 277 g/mol. The van der Waals surface area contributed by atoms with Crippen LogP contribution in [0.1, 0.15) is 44.2 Å². The molecule has 20 heavy (non-hydrogen) atoms. The van der Waals surface area contributed by atoms with E-state index in [4.69, 9.17) is 4.74 Å². The van der Waals surface area contributed by atoms with Crippen molar-refractivity contribution in [2.45, 2.75) is 58.8 Å². The van der Waals surface area contributed by atoms with Crippen molar-refractivity contribution in [3.8, 4) is 5.75 Å². The molecule has 0 radical (unpaired) electrons. The normalized spacial score (nSPS) is 22.4. The lowest BCUT2D eigenvalue weighted by atomic mass is 10.1. The van der Waals surface area contributed by atoms with Crippen molar-refractivity contribution in [1.29, 1.82) is 0 Å². The van der Waals surface area contributed by atoms with Gasteiger partial charge in [0.05, 0.1) is 6.10 Å². The van der Waals surface area contributed by atoms with Gasteiger partial charge < -0.3 is 15.2 Å². The highest BCUT2D eigenvalue weighted by atomic mass is 16.5. The summed E-state index contributed by atoms with van der Waals surface area (Å²) in [4.78, 5) is 0. The van der Waals surface area contributed by atoms with Crippen molar-refractivity contribution in [3.63, 3.8) is 0 Å². The number of benzene rings is 1. The molecule has 0 spiro atoms. The van der Waals surface area contributed by atoms with Gasteiger partial charge in [0.15, 0.2) is 0 Å². The van der Waals surface area contributed by atoms with Gasteiger partial charge in [-0.1, -0.05) is 32.0 Å². The fourth-order valence-corrected chi connectivity index (χ4v) is 2.71. The molecule has 1 saturated carbocycles. The first-order valence-corrected chi connectivity index (χ1v) is 7.72. The molecule has 1 fully saturated rings. The maximum absolute atomic E-state index is 9.94. The number of para-hydroxylation sites is 1. The van der Waals surface area contributed by atoms with Crippen LogP contribution in [-0.4, -0.2) is 23.9 Å². The Bertz CT molecular complexity index is 431. The maximum atomic E-state index is 9.94. The second-order valence-corrected chi connectivity index (χ2v) is 6.24. The first kappa shape index (κ1) is 15.3. The van der Waals surface area contributed by atoms with E-state index in [1.54, 1.807) is 0 Å². The fourth-order valence-electron chi connectivity index (χ4n) is 2.71. The summed E-state index contributed by atoms with van der Waals surface area (Å²) < 4.78 is 6.12. The van der Waals surface area contributed by atoms with E-state index < -0.39 is 0 Å². The van der Waals surface area contributed by atoms with Crippen LogP contribution in [0.3, 0.4) is 0 Å². The topological polar surface area (TPSA) is 41.5 Å². The molecule has 0 aliphatic heterocycles. The zero-order chi connectivity index (χ0) is 14.5. The van der Waals surface area contributed by atoms with E-state index >= 15 is 0 Å². The second-order valence-electron chi connectivity index (χ2n) is 6.24. The molecule has 1 aliphatic rings. The molecule has 1 aromatic rings. The first-order chi connectivity index (χ1) is 9.58. The zero-order valence-electron chi connectivity index (χ0n) is 12.9. The highest BCUT2D eigenvalue weighted by Crippen LogP contribution is 2.29. The highest BCUT2D eigenvalue weighted by Gasteiger charge is 2.27. The zero-order valence-corrected chi connectivity index (χ0v) is 12.9. The van der Waals surface area contributed by atoms with E-state index in [1.165, 1.54) is 5.56 Å². The molecule has 0 amide bonds. The largest absolute Gasteiger partial charge is 0.487 e. The van der Waals surface area contributed by atoms with E-state index in [1.807, 2.05) is 0 Å². The van der Waals surface area contributed by atoms with Gasteiger partial charge in [0.25, 0.3) is 0 Å². The van der Waals surface area contributed by atoms with Gasteiger partial charge in [0.2, 0.25) is 0 Å². The molecule has 3 heteroatoms. The second kappa shape index (κ2) is 7.09. The standard InChI is InChI=1S/C17H27NO2/c1-12(2)10-18-11-14-7-4-6-13(3)17(14)20-16-9-5-8-15(16)19/h4,6-7,12,15-16,18-19H,5,8-11H2,1-3H3. The van der Waals surface area contributed by atoms with Crippen LogP contribution >= 0.6 is 0 Å². The Morgan fingerprint density at radius 1 is 1.35 bits per heavy atom. The monoisotopic (exact) mass is 277 g/mol. The summed E-state index contributed by atoms with van der Waals surface area (Å²) in [5.41, 5.74) is 2.33. The smallest absolute Gasteiger partial charge is 0.127 e. The molecular weight excluding hydrogens is 250 g/mol. The quantitative estimate of drug-likeness (QED) is 0.840. The van der Waals surface area contributed by atoms with Crippen LogP contribution in [0.25, 0.3) is 0 Å². The number of ether oxygens (including phenoxy) is 1. The summed E-state index contributed by atoms with van der Waals surface area (Å²) in [6.07, 6.45) is 2.51. The first-order valence-electron chi connectivity index (χ1n) is 7.72. The summed E-state index contributed by atoms with van der Waals surface area (Å²) in [5.74, 6) is 1.59. The molecule has 1 aliphatic carbocycles. The third-order valence-corrected chi connectivity index (χ3v) is 3.85. The molecule has 2 N–H and O–H groups in total. The number of aliphatic hydroxyl groups is 1. The number of rotatable bonds is 6. The van der Waals surface area contributed by atoms with E-state index in [0.29, 0.717) is 5.92 Å². The molecule has 1 aromatic carbocycles. The Labute approximate surface area is 122 Å². The third kappa shape index (κ3) is 3.97. The van der Waals surface area contributed by atoms with Gasteiger partial charge in [-0.3, -0.25) is 0 Å². The molecule has 0 heterocycles. The molecule has 0 saturated heterocycles. The number of aryl methyl sites for hydroxylation is 1. The predicted molar refractivity (Wildman–Crippen MR) is 82.0 cm³/mol. The van der Waals surface area contributed by atoms with Crippen LogP contribution in [0.15, 0.2) is 18.2 Å². The fraction of sp³-hybridized carbons (Fsp3) is 0.647. The molecule has 2 atom stereocenters. The lowest BCUT2D eigenvalue weighted by molar-refractivity contribution is 0.0593. The minimum atomic E-state index is -0.314. The summed E-state index contributed by atoms with van der Waals surface area (Å²) >= 11 is 0. The van der Waals surface area contributed by atoms with Gasteiger partial charge >= 0.3 is 0 Å². The highest BCUT2D eigenvalue weighted by molar-refractivity contribution is 5.41. The summed E-state index contributed by atoms with van der Waals surface area (Å²) in [6, 6.07) is 6.25. The summed E-state index contributed by atoms with van der Waals surface area (Å²) in [6.45, 7) is 8.30. The van der Waals surface area contributed by atoms with Crippen molar-refractivity contribution in [2.75, 3.05) is 6.54 Å². The summed E-state index contributed by atoms with van der Waals surface area (Å²) in [5, 5.41) is 13.4. The van der Waals surface area contributed by atoms with Crippen molar-refractivity contribution in [2.24, 2.45) is 5.92 Å². The van der Waals surface area contributed by atoms with Crippen LogP contribution in [0, 0.1) is 12.8 Å². The number of aliphatic hydroxyl groups excluding tert-OH is 1. The molecule has 112 valence electrons.